The number of benzene rings is 1. The van der Waals surface area contributed by atoms with Gasteiger partial charge in [-0.05, 0) is 44.5 Å². The topological polar surface area (TPSA) is 79.9 Å². The van der Waals surface area contributed by atoms with Crippen molar-refractivity contribution >= 4 is 17.8 Å². The van der Waals surface area contributed by atoms with Crippen molar-refractivity contribution in [3.05, 3.63) is 47.7 Å². The average Bonchev–Trinajstić information content (AvgIpc) is 2.90. The van der Waals surface area contributed by atoms with Crippen molar-refractivity contribution < 1.29 is 9.53 Å². The minimum atomic E-state index is -0.256. The van der Waals surface area contributed by atoms with Crippen LogP contribution in [0.5, 0.6) is 5.75 Å². The van der Waals surface area contributed by atoms with E-state index in [2.05, 4.69) is 16.5 Å². The number of nitrogens with zero attached hydrogens (tertiary/aromatic N) is 3. The second kappa shape index (κ2) is 8.69. The third-order valence-electron chi connectivity index (χ3n) is 3.25. The van der Waals surface area contributed by atoms with Crippen LogP contribution in [0, 0.1) is 18.3 Å². The van der Waals surface area contributed by atoms with Gasteiger partial charge in [-0.25, -0.2) is 4.68 Å². The van der Waals surface area contributed by atoms with Crippen LogP contribution in [0.4, 0.5) is 5.82 Å². The van der Waals surface area contributed by atoms with Crippen LogP contribution >= 0.6 is 0 Å². The van der Waals surface area contributed by atoms with Crippen LogP contribution in [0.2, 0.25) is 0 Å². The predicted molar refractivity (Wildman–Crippen MR) is 97.1 cm³/mol. The molecule has 0 unspecified atom stereocenters. The highest BCUT2D eigenvalue weighted by Gasteiger charge is 2.07. The first kappa shape index (κ1) is 18.3. The Bertz CT molecular complexity index is 800. The van der Waals surface area contributed by atoms with Crippen molar-refractivity contribution in [2.24, 2.45) is 0 Å². The summed E-state index contributed by atoms with van der Waals surface area (Å²) in [5.74, 6) is 1.09. The van der Waals surface area contributed by atoms with Crippen molar-refractivity contribution in [2.45, 2.75) is 39.8 Å². The van der Waals surface area contributed by atoms with Crippen molar-refractivity contribution in [1.29, 1.82) is 5.26 Å². The molecule has 130 valence electrons. The molecule has 1 aromatic carbocycles. The Hall–Kier alpha value is -3.07. The smallest absolute Gasteiger partial charge is 0.249 e. The summed E-state index contributed by atoms with van der Waals surface area (Å²) in [5, 5.41) is 15.8. The van der Waals surface area contributed by atoms with Crippen molar-refractivity contribution in [3.63, 3.8) is 0 Å². The number of nitrogens with one attached hydrogen (secondary N) is 1. The zero-order valence-electron chi connectivity index (χ0n) is 14.7. The minimum absolute atomic E-state index is 0.0967. The van der Waals surface area contributed by atoms with E-state index in [-0.39, 0.29) is 12.0 Å². The number of carbonyl (C=O) groups excluding carboxylic acids is 1. The molecule has 0 saturated carbocycles. The predicted octanol–water partition coefficient (Wildman–Crippen LogP) is 3.54. The van der Waals surface area contributed by atoms with Gasteiger partial charge in [-0.2, -0.15) is 10.4 Å². The van der Waals surface area contributed by atoms with Crippen LogP contribution in [0.3, 0.4) is 0 Å². The molecule has 0 aliphatic rings. The molecule has 0 spiro atoms. The Morgan fingerprint density at radius 2 is 2.24 bits per heavy atom. The first-order valence-corrected chi connectivity index (χ1v) is 8.15. The number of hydrogen-bond acceptors (Lipinski definition) is 4. The number of rotatable bonds is 7. The third-order valence-corrected chi connectivity index (χ3v) is 3.25. The lowest BCUT2D eigenvalue weighted by molar-refractivity contribution is -0.111. The summed E-state index contributed by atoms with van der Waals surface area (Å²) >= 11 is 0. The first-order valence-electron chi connectivity index (χ1n) is 8.15. The fourth-order valence-electron chi connectivity index (χ4n) is 2.28. The number of aromatic nitrogens is 2. The van der Waals surface area contributed by atoms with Gasteiger partial charge in [-0.1, -0.05) is 12.1 Å². The zero-order valence-corrected chi connectivity index (χ0v) is 14.7. The van der Waals surface area contributed by atoms with E-state index in [0.717, 1.165) is 17.0 Å². The molecule has 2 aromatic rings. The monoisotopic (exact) mass is 338 g/mol. The van der Waals surface area contributed by atoms with Gasteiger partial charge in [-0.15, -0.1) is 0 Å². The zero-order chi connectivity index (χ0) is 18.2. The minimum Gasteiger partial charge on any atom is -0.491 e. The highest BCUT2D eigenvalue weighted by atomic mass is 16.5. The third kappa shape index (κ3) is 5.81. The molecular formula is C19H22N4O2. The first-order chi connectivity index (χ1) is 12.0. The summed E-state index contributed by atoms with van der Waals surface area (Å²) in [6.45, 7) is 6.22. The second-order valence-electron chi connectivity index (χ2n) is 5.86. The largest absolute Gasteiger partial charge is 0.491 e. The number of aryl methyl sites for hydroxylation is 2. The molecule has 6 heteroatoms. The average molecular weight is 338 g/mol. The molecule has 6 nitrogen and oxygen atoms in total. The molecule has 25 heavy (non-hydrogen) atoms. The lowest BCUT2D eigenvalue weighted by Gasteiger charge is -2.09. The Morgan fingerprint density at radius 1 is 1.44 bits per heavy atom. The van der Waals surface area contributed by atoms with E-state index in [1.165, 1.54) is 6.08 Å². The Balaban J connectivity index is 2.03. The van der Waals surface area contributed by atoms with Gasteiger partial charge in [0.15, 0.2) is 0 Å². The molecular weight excluding hydrogens is 316 g/mol. The van der Waals surface area contributed by atoms with Crippen LogP contribution < -0.4 is 10.1 Å². The summed E-state index contributed by atoms with van der Waals surface area (Å²) in [7, 11) is 0. The molecule has 0 atom stereocenters. The molecule has 1 N–H and O–H groups in total. The molecule has 0 aliphatic carbocycles. The molecule has 1 amide bonds. The fourth-order valence-corrected chi connectivity index (χ4v) is 2.28. The number of amides is 1. The van der Waals surface area contributed by atoms with Gasteiger partial charge in [0.25, 0.3) is 0 Å². The molecule has 0 aliphatic heterocycles. The fraction of sp³-hybridized carbons (Fsp3) is 0.316. The van der Waals surface area contributed by atoms with E-state index in [1.54, 1.807) is 16.8 Å². The summed E-state index contributed by atoms with van der Waals surface area (Å²) in [5.41, 5.74) is 1.67. The summed E-state index contributed by atoms with van der Waals surface area (Å²) < 4.78 is 7.27. The lowest BCUT2D eigenvalue weighted by atomic mass is 10.2. The van der Waals surface area contributed by atoms with Gasteiger partial charge in [0, 0.05) is 12.1 Å². The van der Waals surface area contributed by atoms with Crippen molar-refractivity contribution in [1.82, 2.24) is 9.78 Å². The quantitative estimate of drug-likeness (QED) is 0.783. The van der Waals surface area contributed by atoms with Crippen molar-refractivity contribution in [2.75, 3.05) is 5.32 Å². The number of nitriles is 1. The van der Waals surface area contributed by atoms with E-state index in [0.29, 0.717) is 18.8 Å². The second-order valence-corrected chi connectivity index (χ2v) is 5.86. The maximum Gasteiger partial charge on any atom is 0.249 e. The summed E-state index contributed by atoms with van der Waals surface area (Å²) in [4.78, 5) is 12.1. The molecule has 0 fully saturated rings. The number of hydrogen-bond donors (Lipinski definition) is 1. The summed E-state index contributed by atoms with van der Waals surface area (Å²) in [6, 6.07) is 11.4. The number of anilines is 1. The molecule has 1 heterocycles. The van der Waals surface area contributed by atoms with Crippen LogP contribution in [0.25, 0.3) is 6.08 Å². The maximum atomic E-state index is 12.1. The highest BCUT2D eigenvalue weighted by molar-refractivity contribution is 6.01. The van der Waals surface area contributed by atoms with Gasteiger partial charge in [0.2, 0.25) is 5.91 Å². The van der Waals surface area contributed by atoms with Gasteiger partial charge in [0.1, 0.15) is 11.6 Å². The van der Waals surface area contributed by atoms with Crippen molar-refractivity contribution in [3.8, 4) is 11.8 Å². The Kier molecular flexibility index (Phi) is 6.35. The highest BCUT2D eigenvalue weighted by Crippen LogP contribution is 2.16. The van der Waals surface area contributed by atoms with E-state index in [1.807, 2.05) is 45.0 Å². The van der Waals surface area contributed by atoms with E-state index in [4.69, 9.17) is 10.00 Å². The Labute approximate surface area is 147 Å². The van der Waals surface area contributed by atoms with Gasteiger partial charge in [0.05, 0.1) is 30.8 Å². The van der Waals surface area contributed by atoms with Crippen LogP contribution in [0.15, 0.2) is 36.4 Å². The van der Waals surface area contributed by atoms with Crippen LogP contribution in [-0.4, -0.2) is 21.8 Å². The normalized spacial score (nSPS) is 10.8. The SMILES string of the molecule is Cc1cc(NC(=O)C=Cc2cccc(OC(C)C)c2)n(CCC#N)n1. The van der Waals surface area contributed by atoms with Gasteiger partial charge in [-0.3, -0.25) is 4.79 Å². The molecule has 0 saturated heterocycles. The molecule has 1 aromatic heterocycles. The standard InChI is InChI=1S/C19H22N4O2/c1-14(2)25-17-7-4-6-16(13-17)8-9-19(24)21-18-12-15(3)22-23(18)11-5-10-20/h4,6-9,12-14H,5,11H2,1-3H3,(H,21,24). The number of carbonyl (C=O) groups is 1. The van der Waals surface area contributed by atoms with E-state index in [9.17, 15) is 4.79 Å². The lowest BCUT2D eigenvalue weighted by Crippen LogP contribution is -2.13. The van der Waals surface area contributed by atoms with Gasteiger partial charge >= 0.3 is 0 Å². The van der Waals surface area contributed by atoms with E-state index < -0.39 is 0 Å². The van der Waals surface area contributed by atoms with Crippen LogP contribution in [-0.2, 0) is 11.3 Å². The van der Waals surface area contributed by atoms with E-state index >= 15 is 0 Å². The maximum absolute atomic E-state index is 12.1. The molecule has 0 radical (unpaired) electrons. The summed E-state index contributed by atoms with van der Waals surface area (Å²) in [6.07, 6.45) is 3.62. The number of ether oxygens (including phenoxy) is 1. The van der Waals surface area contributed by atoms with Gasteiger partial charge < -0.3 is 10.1 Å². The molecule has 2 rings (SSSR count). The van der Waals surface area contributed by atoms with Crippen LogP contribution in [0.1, 0.15) is 31.5 Å². The Morgan fingerprint density at radius 3 is 2.96 bits per heavy atom. The molecule has 0 bridgehead atoms.